The SMILES string of the molecule is Cc1cc(NCCCl)n2c(nc3ccccc32)c1C#N. The summed E-state index contributed by atoms with van der Waals surface area (Å²) in [6, 6.07) is 12.1. The number of hydrogen-bond acceptors (Lipinski definition) is 3. The molecule has 0 saturated carbocycles. The number of rotatable bonds is 3. The van der Waals surface area contributed by atoms with Crippen molar-refractivity contribution in [2.24, 2.45) is 0 Å². The van der Waals surface area contributed by atoms with Gasteiger partial charge in [-0.2, -0.15) is 5.26 Å². The van der Waals surface area contributed by atoms with Crippen LogP contribution < -0.4 is 5.32 Å². The first-order valence-corrected chi connectivity index (χ1v) is 6.90. The van der Waals surface area contributed by atoms with Crippen LogP contribution >= 0.6 is 11.6 Å². The Kier molecular flexibility index (Phi) is 3.21. The van der Waals surface area contributed by atoms with Crippen LogP contribution in [0.25, 0.3) is 16.7 Å². The van der Waals surface area contributed by atoms with Gasteiger partial charge < -0.3 is 5.32 Å². The Labute approximate surface area is 121 Å². The maximum Gasteiger partial charge on any atom is 0.157 e. The van der Waals surface area contributed by atoms with Gasteiger partial charge in [-0.25, -0.2) is 4.98 Å². The van der Waals surface area contributed by atoms with Crippen LogP contribution in [0.2, 0.25) is 0 Å². The van der Waals surface area contributed by atoms with Gasteiger partial charge in [0.2, 0.25) is 0 Å². The molecular formula is C15H13ClN4. The summed E-state index contributed by atoms with van der Waals surface area (Å²) in [4.78, 5) is 4.58. The first-order chi connectivity index (χ1) is 9.76. The molecule has 20 heavy (non-hydrogen) atoms. The number of benzene rings is 1. The van der Waals surface area contributed by atoms with E-state index in [1.807, 2.05) is 41.7 Å². The second-order valence-corrected chi connectivity index (χ2v) is 4.95. The van der Waals surface area contributed by atoms with Gasteiger partial charge in [-0.05, 0) is 30.7 Å². The number of anilines is 1. The second kappa shape index (κ2) is 5.03. The lowest BCUT2D eigenvalue weighted by Gasteiger charge is -2.11. The molecule has 0 atom stereocenters. The highest BCUT2D eigenvalue weighted by Gasteiger charge is 2.14. The maximum absolute atomic E-state index is 9.36. The Bertz CT molecular complexity index is 829. The summed E-state index contributed by atoms with van der Waals surface area (Å²) in [6.07, 6.45) is 0. The number of aryl methyl sites for hydroxylation is 1. The molecule has 0 aliphatic carbocycles. The minimum absolute atomic E-state index is 0.521. The molecular weight excluding hydrogens is 272 g/mol. The number of alkyl halides is 1. The third-order valence-corrected chi connectivity index (χ3v) is 3.47. The Balaban J connectivity index is 2.41. The van der Waals surface area contributed by atoms with Crippen molar-refractivity contribution in [3.63, 3.8) is 0 Å². The summed E-state index contributed by atoms with van der Waals surface area (Å²) in [5.41, 5.74) is 4.07. The van der Waals surface area contributed by atoms with Crippen molar-refractivity contribution in [2.45, 2.75) is 6.92 Å². The molecule has 0 amide bonds. The molecule has 0 spiro atoms. The lowest BCUT2D eigenvalue weighted by Crippen LogP contribution is -2.08. The first kappa shape index (κ1) is 12.8. The van der Waals surface area contributed by atoms with Gasteiger partial charge in [-0.1, -0.05) is 12.1 Å². The number of nitrogens with one attached hydrogen (secondary N) is 1. The van der Waals surface area contributed by atoms with E-state index in [-0.39, 0.29) is 0 Å². The van der Waals surface area contributed by atoms with Gasteiger partial charge in [0.1, 0.15) is 11.9 Å². The van der Waals surface area contributed by atoms with Crippen molar-refractivity contribution in [1.29, 1.82) is 5.26 Å². The fourth-order valence-electron chi connectivity index (χ4n) is 2.40. The summed E-state index contributed by atoms with van der Waals surface area (Å²) in [5, 5.41) is 12.7. The van der Waals surface area contributed by atoms with Crippen LogP contribution in [0.15, 0.2) is 30.3 Å². The Morgan fingerprint density at radius 2 is 2.20 bits per heavy atom. The standard InChI is InChI=1S/C15H13ClN4/c1-10-8-14(18-7-6-16)20-13-5-3-2-4-12(13)19-15(20)11(10)9-17/h2-5,8,18H,6-7H2,1H3. The fourth-order valence-corrected chi connectivity index (χ4v) is 2.49. The largest absolute Gasteiger partial charge is 0.370 e. The zero-order chi connectivity index (χ0) is 14.1. The normalized spacial score (nSPS) is 10.8. The molecule has 4 nitrogen and oxygen atoms in total. The molecule has 0 aliphatic rings. The Hall–Kier alpha value is -2.25. The molecule has 1 N–H and O–H groups in total. The van der Waals surface area contributed by atoms with E-state index in [9.17, 15) is 5.26 Å². The third-order valence-electron chi connectivity index (χ3n) is 3.29. The highest BCUT2D eigenvalue weighted by molar-refractivity contribution is 6.18. The molecule has 2 heterocycles. The van der Waals surface area contributed by atoms with Gasteiger partial charge in [0.15, 0.2) is 5.65 Å². The van der Waals surface area contributed by atoms with Crippen molar-refractivity contribution in [3.8, 4) is 6.07 Å². The Morgan fingerprint density at radius 1 is 1.40 bits per heavy atom. The van der Waals surface area contributed by atoms with E-state index in [0.29, 0.717) is 23.6 Å². The number of nitriles is 1. The van der Waals surface area contributed by atoms with Crippen LogP contribution in [-0.4, -0.2) is 21.8 Å². The molecule has 0 unspecified atom stereocenters. The van der Waals surface area contributed by atoms with Crippen LogP contribution in [0, 0.1) is 18.3 Å². The van der Waals surface area contributed by atoms with Crippen molar-refractivity contribution < 1.29 is 0 Å². The number of para-hydroxylation sites is 2. The van der Waals surface area contributed by atoms with Crippen LogP contribution in [0.5, 0.6) is 0 Å². The average molecular weight is 285 g/mol. The highest BCUT2D eigenvalue weighted by atomic mass is 35.5. The topological polar surface area (TPSA) is 53.1 Å². The number of aromatic nitrogens is 2. The lowest BCUT2D eigenvalue weighted by atomic mass is 10.1. The van der Waals surface area contributed by atoms with Gasteiger partial charge in [-0.15, -0.1) is 11.6 Å². The van der Waals surface area contributed by atoms with Crippen molar-refractivity contribution in [3.05, 3.63) is 41.5 Å². The van der Waals surface area contributed by atoms with Crippen molar-refractivity contribution in [1.82, 2.24) is 9.38 Å². The smallest absolute Gasteiger partial charge is 0.157 e. The van der Waals surface area contributed by atoms with E-state index >= 15 is 0 Å². The van der Waals surface area contributed by atoms with Crippen molar-refractivity contribution in [2.75, 3.05) is 17.7 Å². The molecule has 0 saturated heterocycles. The number of imidazole rings is 1. The van der Waals surface area contributed by atoms with E-state index in [1.165, 1.54) is 0 Å². The number of halogens is 1. The third kappa shape index (κ3) is 1.87. The summed E-state index contributed by atoms with van der Waals surface area (Å²) in [7, 11) is 0. The van der Waals surface area contributed by atoms with Gasteiger partial charge >= 0.3 is 0 Å². The van der Waals surface area contributed by atoms with Gasteiger partial charge in [0.05, 0.1) is 16.6 Å². The molecule has 0 fully saturated rings. The van der Waals surface area contributed by atoms with E-state index in [1.54, 1.807) is 0 Å². The van der Waals surface area contributed by atoms with Gasteiger partial charge in [0, 0.05) is 12.4 Å². The molecule has 1 aromatic carbocycles. The summed E-state index contributed by atoms with van der Waals surface area (Å²) >= 11 is 5.75. The number of hydrogen-bond donors (Lipinski definition) is 1. The number of nitrogens with zero attached hydrogens (tertiary/aromatic N) is 3. The molecule has 100 valence electrons. The molecule has 2 aromatic heterocycles. The van der Waals surface area contributed by atoms with Crippen LogP contribution in [0.3, 0.4) is 0 Å². The van der Waals surface area contributed by atoms with E-state index in [4.69, 9.17) is 11.6 Å². The lowest BCUT2D eigenvalue weighted by molar-refractivity contribution is 1.12. The van der Waals surface area contributed by atoms with Crippen molar-refractivity contribution >= 4 is 34.1 Å². The number of pyridine rings is 1. The summed E-state index contributed by atoms with van der Waals surface area (Å²) in [6.45, 7) is 2.58. The monoisotopic (exact) mass is 284 g/mol. The second-order valence-electron chi connectivity index (χ2n) is 4.57. The zero-order valence-corrected chi connectivity index (χ0v) is 11.8. The van der Waals surface area contributed by atoms with E-state index < -0.39 is 0 Å². The molecule has 3 rings (SSSR count). The number of fused-ring (bicyclic) bond motifs is 3. The maximum atomic E-state index is 9.36. The average Bonchev–Trinajstić information content (AvgIpc) is 2.84. The van der Waals surface area contributed by atoms with Crippen LogP contribution in [0.1, 0.15) is 11.1 Å². The quantitative estimate of drug-likeness (QED) is 0.751. The van der Waals surface area contributed by atoms with E-state index in [2.05, 4.69) is 16.4 Å². The highest BCUT2D eigenvalue weighted by Crippen LogP contribution is 2.26. The molecule has 5 heteroatoms. The first-order valence-electron chi connectivity index (χ1n) is 6.37. The fraction of sp³-hybridized carbons (Fsp3) is 0.200. The molecule has 0 bridgehead atoms. The minimum Gasteiger partial charge on any atom is -0.370 e. The summed E-state index contributed by atoms with van der Waals surface area (Å²) < 4.78 is 1.98. The minimum atomic E-state index is 0.521. The molecule has 3 aromatic rings. The Morgan fingerprint density at radius 3 is 2.95 bits per heavy atom. The molecule has 0 aliphatic heterocycles. The van der Waals surface area contributed by atoms with Crippen LogP contribution in [0.4, 0.5) is 5.82 Å². The molecule has 0 radical (unpaired) electrons. The van der Waals surface area contributed by atoms with E-state index in [0.717, 1.165) is 22.4 Å². The zero-order valence-electron chi connectivity index (χ0n) is 11.0. The van der Waals surface area contributed by atoms with Crippen LogP contribution in [-0.2, 0) is 0 Å². The predicted molar refractivity (Wildman–Crippen MR) is 81.4 cm³/mol. The summed E-state index contributed by atoms with van der Waals surface area (Å²) in [5.74, 6) is 1.43. The predicted octanol–water partition coefficient (Wildman–Crippen LogP) is 3.32. The van der Waals surface area contributed by atoms with Gasteiger partial charge in [0.25, 0.3) is 0 Å². The van der Waals surface area contributed by atoms with Gasteiger partial charge in [-0.3, -0.25) is 4.40 Å².